The predicted molar refractivity (Wildman–Crippen MR) is 56.2 cm³/mol. The van der Waals surface area contributed by atoms with Crippen LogP contribution >= 0.6 is 0 Å². The molecule has 4 N–H and O–H groups in total. The van der Waals surface area contributed by atoms with Crippen LogP contribution in [-0.2, 0) is 0 Å². The summed E-state index contributed by atoms with van der Waals surface area (Å²) < 4.78 is 23.2. The van der Waals surface area contributed by atoms with Gasteiger partial charge in [0.1, 0.15) is 0 Å². The molecule has 0 atom stereocenters. The summed E-state index contributed by atoms with van der Waals surface area (Å²) in [5.41, 5.74) is 5.14. The third kappa shape index (κ3) is 1.61. The average molecular weight is 240 g/mol. The highest BCUT2D eigenvalue weighted by molar-refractivity contribution is 5.80. The summed E-state index contributed by atoms with van der Waals surface area (Å²) >= 11 is 0. The van der Waals surface area contributed by atoms with Gasteiger partial charge in [-0.25, -0.2) is 4.39 Å². The zero-order valence-electron chi connectivity index (χ0n) is 8.77. The quantitative estimate of drug-likeness (QED) is 0.687. The van der Waals surface area contributed by atoms with Gasteiger partial charge in [-0.2, -0.15) is 0 Å². The molecule has 0 fully saturated rings. The van der Waals surface area contributed by atoms with E-state index in [2.05, 4.69) is 9.68 Å². The van der Waals surface area contributed by atoms with Crippen LogP contribution in [0.3, 0.4) is 0 Å². The number of nitrogens with zero attached hydrogens (tertiary/aromatic N) is 1. The molecule has 90 valence electrons. The molecule has 0 radical (unpaired) electrons. The van der Waals surface area contributed by atoms with Gasteiger partial charge in [0.15, 0.2) is 23.1 Å². The van der Waals surface area contributed by atoms with E-state index in [1.165, 1.54) is 7.11 Å². The van der Waals surface area contributed by atoms with E-state index in [1.807, 2.05) is 0 Å². The molecule has 6 nitrogen and oxygen atoms in total. The number of halogens is 1. The first kappa shape index (κ1) is 11.1. The van der Waals surface area contributed by atoms with E-state index in [9.17, 15) is 14.6 Å². The van der Waals surface area contributed by atoms with Gasteiger partial charge in [0.2, 0.25) is 5.88 Å². The van der Waals surface area contributed by atoms with Gasteiger partial charge < -0.3 is 25.2 Å². The Morgan fingerprint density at radius 2 is 2.18 bits per heavy atom. The fourth-order valence-electron chi connectivity index (χ4n) is 1.44. The van der Waals surface area contributed by atoms with Crippen LogP contribution in [0.15, 0.2) is 16.8 Å². The highest BCUT2D eigenvalue weighted by Gasteiger charge is 2.23. The van der Waals surface area contributed by atoms with Crippen molar-refractivity contribution >= 4 is 5.88 Å². The summed E-state index contributed by atoms with van der Waals surface area (Å²) in [6.45, 7) is 0. The van der Waals surface area contributed by atoms with Crippen LogP contribution in [0.4, 0.5) is 10.3 Å². The predicted octanol–water partition coefficient (Wildman–Crippen LogP) is 1.48. The zero-order chi connectivity index (χ0) is 12.6. The Labute approximate surface area is 95.0 Å². The van der Waals surface area contributed by atoms with Crippen molar-refractivity contribution in [3.8, 4) is 28.4 Å². The largest absolute Gasteiger partial charge is 0.504 e. The number of phenols is 2. The van der Waals surface area contributed by atoms with E-state index in [-0.39, 0.29) is 22.8 Å². The van der Waals surface area contributed by atoms with Crippen LogP contribution in [0, 0.1) is 5.82 Å². The number of aromatic hydroxyl groups is 2. The fourth-order valence-corrected chi connectivity index (χ4v) is 1.44. The molecule has 0 saturated carbocycles. The number of phenolic OH excluding ortho intramolecular Hbond substituents is 2. The Hall–Kier alpha value is -2.44. The lowest BCUT2D eigenvalue weighted by atomic mass is 10.1. The van der Waals surface area contributed by atoms with E-state index >= 15 is 0 Å². The molecule has 0 aliphatic heterocycles. The summed E-state index contributed by atoms with van der Waals surface area (Å²) in [5.74, 6) is -2.45. The Balaban J connectivity index is 2.76. The van der Waals surface area contributed by atoms with Crippen molar-refractivity contribution < 1.29 is 23.9 Å². The van der Waals surface area contributed by atoms with Crippen LogP contribution < -0.4 is 10.5 Å². The highest BCUT2D eigenvalue weighted by atomic mass is 19.1. The molecule has 1 aromatic carbocycles. The maximum absolute atomic E-state index is 13.9. The smallest absolute Gasteiger partial charge is 0.230 e. The molecule has 0 unspecified atom stereocenters. The molecule has 17 heavy (non-hydrogen) atoms. The number of aromatic nitrogens is 1. The van der Waals surface area contributed by atoms with Crippen molar-refractivity contribution in [1.29, 1.82) is 0 Å². The van der Waals surface area contributed by atoms with E-state index in [0.29, 0.717) is 0 Å². The Bertz CT molecular complexity index is 568. The molecule has 7 heteroatoms. The minimum Gasteiger partial charge on any atom is -0.504 e. The summed E-state index contributed by atoms with van der Waals surface area (Å²) in [7, 11) is 1.23. The molecule has 0 bridgehead atoms. The minimum absolute atomic E-state index is 0.0363. The Morgan fingerprint density at radius 1 is 1.47 bits per heavy atom. The second-order valence-electron chi connectivity index (χ2n) is 3.24. The van der Waals surface area contributed by atoms with Crippen molar-refractivity contribution in [1.82, 2.24) is 5.16 Å². The molecule has 1 heterocycles. The van der Waals surface area contributed by atoms with Crippen LogP contribution in [0.1, 0.15) is 0 Å². The number of ether oxygens (including phenoxy) is 1. The number of hydrogen-bond acceptors (Lipinski definition) is 6. The van der Waals surface area contributed by atoms with E-state index in [1.54, 1.807) is 0 Å². The van der Waals surface area contributed by atoms with Crippen LogP contribution in [0.5, 0.6) is 17.2 Å². The van der Waals surface area contributed by atoms with Crippen molar-refractivity contribution in [2.45, 2.75) is 0 Å². The van der Waals surface area contributed by atoms with Crippen molar-refractivity contribution in [2.24, 2.45) is 0 Å². The standard InChI is InChI=1S/C10H9FN2O4/c1-16-6-2-5(14)9(15)7(8(6)11)4-3-13-17-10(4)12/h2-3,14-15H,12H2,1H3. The summed E-state index contributed by atoms with van der Waals surface area (Å²) in [4.78, 5) is 0. The maximum atomic E-state index is 13.9. The van der Waals surface area contributed by atoms with Gasteiger partial charge in [0, 0.05) is 6.07 Å². The second-order valence-corrected chi connectivity index (χ2v) is 3.24. The summed E-state index contributed by atoms with van der Waals surface area (Å²) in [5, 5.41) is 22.4. The molecule has 2 aromatic rings. The topological polar surface area (TPSA) is 102 Å². The molecular formula is C10H9FN2O4. The first-order chi connectivity index (χ1) is 8.06. The molecule has 2 rings (SSSR count). The third-order valence-corrected chi connectivity index (χ3v) is 2.27. The lowest BCUT2D eigenvalue weighted by molar-refractivity contribution is 0.366. The van der Waals surface area contributed by atoms with E-state index < -0.39 is 17.3 Å². The van der Waals surface area contributed by atoms with Crippen LogP contribution in [-0.4, -0.2) is 22.5 Å². The van der Waals surface area contributed by atoms with Gasteiger partial charge in [0.25, 0.3) is 0 Å². The number of hydrogen-bond donors (Lipinski definition) is 3. The normalized spacial score (nSPS) is 10.5. The van der Waals surface area contributed by atoms with Gasteiger partial charge in [-0.1, -0.05) is 5.16 Å². The number of methoxy groups -OCH3 is 1. The summed E-state index contributed by atoms with van der Waals surface area (Å²) in [6.07, 6.45) is 1.13. The number of anilines is 1. The molecule has 0 amide bonds. The molecule has 0 aliphatic rings. The van der Waals surface area contributed by atoms with Crippen LogP contribution in [0.25, 0.3) is 11.1 Å². The third-order valence-electron chi connectivity index (χ3n) is 2.27. The first-order valence-electron chi connectivity index (χ1n) is 4.55. The van der Waals surface area contributed by atoms with Gasteiger partial charge in [-0.05, 0) is 0 Å². The van der Waals surface area contributed by atoms with E-state index in [4.69, 9.17) is 10.5 Å². The summed E-state index contributed by atoms with van der Waals surface area (Å²) in [6, 6.07) is 0.956. The molecule has 0 saturated heterocycles. The van der Waals surface area contributed by atoms with Crippen molar-refractivity contribution in [3.63, 3.8) is 0 Å². The average Bonchev–Trinajstić information content (AvgIpc) is 2.71. The highest BCUT2D eigenvalue weighted by Crippen LogP contribution is 2.44. The van der Waals surface area contributed by atoms with Crippen molar-refractivity contribution in [3.05, 3.63) is 18.1 Å². The number of rotatable bonds is 2. The van der Waals surface area contributed by atoms with Gasteiger partial charge >= 0.3 is 0 Å². The first-order valence-corrected chi connectivity index (χ1v) is 4.55. The minimum atomic E-state index is -0.863. The molecule has 0 spiro atoms. The molecule has 0 aliphatic carbocycles. The van der Waals surface area contributed by atoms with Crippen LogP contribution in [0.2, 0.25) is 0 Å². The van der Waals surface area contributed by atoms with Crippen molar-refractivity contribution in [2.75, 3.05) is 12.8 Å². The maximum Gasteiger partial charge on any atom is 0.230 e. The number of nitrogen functional groups attached to an aromatic ring is 1. The van der Waals surface area contributed by atoms with Gasteiger partial charge in [-0.15, -0.1) is 0 Å². The second kappa shape index (κ2) is 3.85. The van der Waals surface area contributed by atoms with Gasteiger partial charge in [0.05, 0.1) is 24.4 Å². The lowest BCUT2D eigenvalue weighted by Crippen LogP contribution is -1.94. The lowest BCUT2D eigenvalue weighted by Gasteiger charge is -2.10. The van der Waals surface area contributed by atoms with Gasteiger partial charge in [-0.3, -0.25) is 0 Å². The zero-order valence-corrected chi connectivity index (χ0v) is 8.77. The fraction of sp³-hybridized carbons (Fsp3) is 0.100. The monoisotopic (exact) mass is 240 g/mol. The number of benzene rings is 1. The Morgan fingerprint density at radius 3 is 2.71 bits per heavy atom. The Kier molecular flexibility index (Phi) is 2.51. The number of nitrogens with two attached hydrogens (primary N) is 1. The molecule has 1 aromatic heterocycles. The molecular weight excluding hydrogens is 231 g/mol. The SMILES string of the molecule is COc1cc(O)c(O)c(-c2cnoc2N)c1F. The van der Waals surface area contributed by atoms with E-state index in [0.717, 1.165) is 12.3 Å².